The van der Waals surface area contributed by atoms with Crippen LogP contribution in [0.5, 0.6) is 0 Å². The molecule has 11 heteroatoms. The lowest BCUT2D eigenvalue weighted by Gasteiger charge is -2.09. The van der Waals surface area contributed by atoms with Gasteiger partial charge < -0.3 is 21.3 Å². The van der Waals surface area contributed by atoms with Crippen LogP contribution in [0.15, 0.2) is 52.2 Å². The minimum absolute atomic E-state index is 0.132. The first-order valence-corrected chi connectivity index (χ1v) is 9.29. The Morgan fingerprint density at radius 2 is 1.96 bits per heavy atom. The van der Waals surface area contributed by atoms with Crippen LogP contribution >= 0.6 is 11.8 Å². The molecule has 28 heavy (non-hydrogen) atoms. The summed E-state index contributed by atoms with van der Waals surface area (Å²) in [7, 11) is 0. The van der Waals surface area contributed by atoms with Crippen molar-refractivity contribution in [2.24, 2.45) is 0 Å². The second-order valence-corrected chi connectivity index (χ2v) is 6.76. The minimum atomic E-state index is 0.132. The molecule has 0 aliphatic carbocycles. The van der Waals surface area contributed by atoms with Crippen molar-refractivity contribution >= 4 is 29.3 Å². The van der Waals surface area contributed by atoms with Gasteiger partial charge in [0.25, 0.3) is 0 Å². The summed E-state index contributed by atoms with van der Waals surface area (Å²) in [6.07, 6.45) is 1.55. The van der Waals surface area contributed by atoms with Crippen molar-refractivity contribution in [1.82, 2.24) is 29.8 Å². The number of aromatic nitrogens is 6. The molecule has 4 aromatic rings. The maximum atomic E-state index is 6.06. The minimum Gasteiger partial charge on any atom is -0.461 e. The molecule has 0 unspecified atom stereocenters. The van der Waals surface area contributed by atoms with Crippen molar-refractivity contribution in [3.05, 3.63) is 54.0 Å². The van der Waals surface area contributed by atoms with E-state index in [-0.39, 0.29) is 5.95 Å². The summed E-state index contributed by atoms with van der Waals surface area (Å²) in [4.78, 5) is 12.7. The molecule has 0 atom stereocenters. The number of nitrogen functional groups attached to an aromatic ring is 2. The number of nitrogens with two attached hydrogens (primary N) is 2. The van der Waals surface area contributed by atoms with E-state index in [0.29, 0.717) is 34.3 Å². The Hall–Kier alpha value is -3.60. The molecule has 0 bridgehead atoms. The first kappa shape index (κ1) is 17.8. The topological polar surface area (TPSA) is 147 Å². The fourth-order valence-electron chi connectivity index (χ4n) is 2.47. The van der Waals surface area contributed by atoms with Gasteiger partial charge in [-0.05, 0) is 30.7 Å². The van der Waals surface area contributed by atoms with Gasteiger partial charge in [-0.25, -0.2) is 4.68 Å². The molecule has 5 N–H and O–H groups in total. The van der Waals surface area contributed by atoms with E-state index in [1.807, 2.05) is 31.2 Å². The fourth-order valence-corrected chi connectivity index (χ4v) is 3.18. The van der Waals surface area contributed by atoms with E-state index in [1.165, 1.54) is 16.4 Å². The average molecular weight is 395 g/mol. The number of nitrogens with zero attached hydrogens (tertiary/aromatic N) is 6. The highest BCUT2D eigenvalue weighted by molar-refractivity contribution is 7.98. The van der Waals surface area contributed by atoms with Crippen LogP contribution in [-0.2, 0) is 5.75 Å². The molecule has 3 aromatic heterocycles. The molecule has 0 saturated carbocycles. The van der Waals surface area contributed by atoms with Crippen LogP contribution in [0.3, 0.4) is 0 Å². The van der Waals surface area contributed by atoms with E-state index in [2.05, 4.69) is 30.5 Å². The van der Waals surface area contributed by atoms with Gasteiger partial charge in [0.2, 0.25) is 22.9 Å². The molecule has 0 aliphatic rings. The van der Waals surface area contributed by atoms with Gasteiger partial charge in [-0.2, -0.15) is 15.0 Å². The van der Waals surface area contributed by atoms with E-state index >= 15 is 0 Å². The summed E-state index contributed by atoms with van der Waals surface area (Å²) in [6.45, 7) is 1.99. The van der Waals surface area contributed by atoms with E-state index in [0.717, 1.165) is 11.3 Å². The third-order valence-corrected chi connectivity index (χ3v) is 4.77. The van der Waals surface area contributed by atoms with Gasteiger partial charge in [0.1, 0.15) is 5.82 Å². The van der Waals surface area contributed by atoms with Crippen LogP contribution in [0.1, 0.15) is 11.4 Å². The van der Waals surface area contributed by atoms with Crippen LogP contribution in [0.25, 0.3) is 11.6 Å². The van der Waals surface area contributed by atoms with Crippen LogP contribution in [0.4, 0.5) is 17.6 Å². The number of aryl methyl sites for hydroxylation is 1. The molecule has 0 amide bonds. The molecule has 1 aromatic carbocycles. The largest absolute Gasteiger partial charge is 0.461 e. The van der Waals surface area contributed by atoms with Crippen molar-refractivity contribution in [3.63, 3.8) is 0 Å². The van der Waals surface area contributed by atoms with Crippen molar-refractivity contribution in [2.45, 2.75) is 17.8 Å². The highest BCUT2D eigenvalue weighted by Crippen LogP contribution is 2.24. The Kier molecular flexibility index (Phi) is 4.81. The Bertz CT molecular complexity index is 1090. The average Bonchev–Trinajstić information content (AvgIpc) is 3.31. The van der Waals surface area contributed by atoms with Crippen LogP contribution in [0, 0.1) is 6.92 Å². The third kappa shape index (κ3) is 3.74. The van der Waals surface area contributed by atoms with Crippen LogP contribution < -0.4 is 16.9 Å². The zero-order chi connectivity index (χ0) is 19.5. The van der Waals surface area contributed by atoms with E-state index < -0.39 is 0 Å². The monoisotopic (exact) mass is 395 g/mol. The molecular formula is C17H17N9OS. The lowest BCUT2D eigenvalue weighted by molar-refractivity contribution is 0.574. The number of para-hydroxylation sites is 1. The lowest BCUT2D eigenvalue weighted by Crippen LogP contribution is -2.12. The number of rotatable bonds is 6. The summed E-state index contributed by atoms with van der Waals surface area (Å²) in [5.74, 6) is 8.43. The summed E-state index contributed by atoms with van der Waals surface area (Å²) >= 11 is 1.33. The Labute approximate surface area is 164 Å². The number of benzene rings is 1. The molecule has 142 valence electrons. The number of nitrogens with one attached hydrogen (secondary N) is 1. The first-order chi connectivity index (χ1) is 13.6. The molecule has 10 nitrogen and oxygen atoms in total. The molecule has 4 rings (SSSR count). The summed E-state index contributed by atoms with van der Waals surface area (Å²) in [6, 6.07) is 11.3. The van der Waals surface area contributed by atoms with Gasteiger partial charge in [-0.1, -0.05) is 30.0 Å². The van der Waals surface area contributed by atoms with Gasteiger partial charge in [0.15, 0.2) is 5.76 Å². The lowest BCUT2D eigenvalue weighted by atomic mass is 10.2. The molecule has 0 radical (unpaired) electrons. The maximum Gasteiger partial charge on any atom is 0.232 e. The second-order valence-electron chi connectivity index (χ2n) is 5.82. The van der Waals surface area contributed by atoms with Gasteiger partial charge in [-0.3, -0.25) is 0 Å². The number of hydrogen-bond acceptors (Lipinski definition) is 10. The number of hydrogen-bond donors (Lipinski definition) is 3. The van der Waals surface area contributed by atoms with E-state index in [9.17, 15) is 0 Å². The van der Waals surface area contributed by atoms with Crippen LogP contribution in [-0.4, -0.2) is 29.8 Å². The fraction of sp³-hybridized carbons (Fsp3) is 0.118. The SMILES string of the molecule is Cc1ccccc1Nc1nc(N)nc(CSc2nnc(-c3ccco3)n2N)n1. The van der Waals surface area contributed by atoms with Crippen molar-refractivity contribution in [2.75, 3.05) is 16.9 Å². The molecule has 0 saturated heterocycles. The zero-order valence-corrected chi connectivity index (χ0v) is 15.7. The molecule has 0 fully saturated rings. The molecular weight excluding hydrogens is 378 g/mol. The quantitative estimate of drug-likeness (QED) is 0.328. The Morgan fingerprint density at radius 3 is 2.75 bits per heavy atom. The Balaban J connectivity index is 1.50. The molecule has 0 spiro atoms. The van der Waals surface area contributed by atoms with E-state index in [4.69, 9.17) is 16.0 Å². The normalized spacial score (nSPS) is 10.9. The number of thioether (sulfide) groups is 1. The Morgan fingerprint density at radius 1 is 1.11 bits per heavy atom. The highest BCUT2D eigenvalue weighted by Gasteiger charge is 2.15. The summed E-state index contributed by atoms with van der Waals surface area (Å²) < 4.78 is 6.67. The van der Waals surface area contributed by atoms with Crippen LogP contribution in [0.2, 0.25) is 0 Å². The number of furan rings is 1. The van der Waals surface area contributed by atoms with E-state index in [1.54, 1.807) is 18.4 Å². The summed E-state index contributed by atoms with van der Waals surface area (Å²) in [5.41, 5.74) is 7.80. The second kappa shape index (κ2) is 7.56. The highest BCUT2D eigenvalue weighted by atomic mass is 32.2. The zero-order valence-electron chi connectivity index (χ0n) is 14.9. The molecule has 0 aliphatic heterocycles. The van der Waals surface area contributed by atoms with Crippen molar-refractivity contribution < 1.29 is 4.42 Å². The third-order valence-electron chi connectivity index (χ3n) is 3.83. The van der Waals surface area contributed by atoms with Gasteiger partial charge >= 0.3 is 0 Å². The molecule has 3 heterocycles. The first-order valence-electron chi connectivity index (χ1n) is 8.30. The standard InChI is InChI=1S/C17H17N9OS/c1-10-5-2-3-6-11(10)20-16-22-13(21-15(18)23-16)9-28-17-25-24-14(26(17)19)12-7-4-8-27-12/h2-8H,9,19H2,1H3,(H3,18,20,21,22,23). The number of anilines is 3. The summed E-state index contributed by atoms with van der Waals surface area (Å²) in [5, 5.41) is 11.8. The maximum absolute atomic E-state index is 6.06. The van der Waals surface area contributed by atoms with Crippen molar-refractivity contribution in [3.8, 4) is 11.6 Å². The predicted octanol–water partition coefficient (Wildman–Crippen LogP) is 2.36. The van der Waals surface area contributed by atoms with Crippen molar-refractivity contribution in [1.29, 1.82) is 0 Å². The van der Waals surface area contributed by atoms with Gasteiger partial charge in [-0.15, -0.1) is 10.2 Å². The smallest absolute Gasteiger partial charge is 0.232 e. The van der Waals surface area contributed by atoms with Gasteiger partial charge in [0, 0.05) is 5.69 Å². The van der Waals surface area contributed by atoms with Gasteiger partial charge in [0.05, 0.1) is 12.0 Å². The predicted molar refractivity (Wildman–Crippen MR) is 106 cm³/mol.